The molecule has 102 valence electrons. The minimum Gasteiger partial charge on any atom is -0.495 e. The number of methoxy groups -OCH3 is 1. The highest BCUT2D eigenvalue weighted by atomic mass is 35.5. The number of halogens is 1. The quantitative estimate of drug-likeness (QED) is 0.776. The second kappa shape index (κ2) is 6.14. The number of primary sulfonamides is 1. The van der Waals surface area contributed by atoms with E-state index in [0.29, 0.717) is 0 Å². The van der Waals surface area contributed by atoms with Gasteiger partial charge in [-0.1, -0.05) is 0 Å². The molecule has 0 bridgehead atoms. The molecule has 0 fully saturated rings. The van der Waals surface area contributed by atoms with Crippen LogP contribution in [0.3, 0.4) is 0 Å². The lowest BCUT2D eigenvalue weighted by Crippen LogP contribution is -2.27. The number of nitrogens with two attached hydrogens (primary N) is 2. The number of rotatable bonds is 4. The van der Waals surface area contributed by atoms with Crippen molar-refractivity contribution in [3.05, 3.63) is 23.8 Å². The van der Waals surface area contributed by atoms with Gasteiger partial charge in [0.15, 0.2) is 5.78 Å². The van der Waals surface area contributed by atoms with Gasteiger partial charge in [0.1, 0.15) is 10.6 Å². The van der Waals surface area contributed by atoms with Crippen molar-refractivity contribution in [3.8, 4) is 5.75 Å². The average molecular weight is 298 g/mol. The van der Waals surface area contributed by atoms with E-state index >= 15 is 0 Å². The fraction of sp³-hybridized carbons (Fsp3) is 0.300. The highest BCUT2D eigenvalue weighted by molar-refractivity contribution is 7.89. The van der Waals surface area contributed by atoms with Crippen molar-refractivity contribution in [2.24, 2.45) is 10.9 Å². The predicted octanol–water partition coefficient (Wildman–Crippen LogP) is 0.294. The van der Waals surface area contributed by atoms with Crippen molar-refractivity contribution in [2.45, 2.75) is 17.8 Å². The number of hydrogen-bond donors (Lipinski definition) is 2. The second-order valence-corrected chi connectivity index (χ2v) is 4.78. The number of sulfonamides is 1. The molecule has 1 atom stereocenters. The standard InChI is InChI=1S/C10H14N2O4S.ClH/c1-6(11)10(13)7-3-4-8(16-2)9(5-7)17(12,14)15;/h3-6H,11H2,1-2H3,(H2,12,14,15);1H/i1D3;. The summed E-state index contributed by atoms with van der Waals surface area (Å²) in [6.45, 7) is -2.68. The molecular formula is C10H15ClN2O4S. The van der Waals surface area contributed by atoms with E-state index in [2.05, 4.69) is 0 Å². The molecule has 1 aromatic rings. The Bertz CT molecular complexity index is 634. The number of carbonyl (C=O) groups is 1. The van der Waals surface area contributed by atoms with Crippen LogP contribution in [0.1, 0.15) is 21.3 Å². The van der Waals surface area contributed by atoms with Crippen LogP contribution in [0.5, 0.6) is 5.75 Å². The lowest BCUT2D eigenvalue weighted by molar-refractivity contribution is 0.0967. The minimum absolute atomic E-state index is 0. The van der Waals surface area contributed by atoms with E-state index in [0.717, 1.165) is 6.07 Å². The van der Waals surface area contributed by atoms with Gasteiger partial charge in [-0.25, -0.2) is 13.6 Å². The maximum absolute atomic E-state index is 11.9. The molecule has 1 unspecified atom stereocenters. The van der Waals surface area contributed by atoms with Crippen LogP contribution in [0.15, 0.2) is 23.1 Å². The Balaban J connectivity index is 0.00000400. The number of hydrogen-bond acceptors (Lipinski definition) is 5. The van der Waals surface area contributed by atoms with Gasteiger partial charge in [0.25, 0.3) is 0 Å². The Labute approximate surface area is 116 Å². The van der Waals surface area contributed by atoms with E-state index in [1.807, 2.05) is 0 Å². The third-order valence-electron chi connectivity index (χ3n) is 2.04. The van der Waals surface area contributed by atoms with Crippen molar-refractivity contribution in [1.82, 2.24) is 0 Å². The number of ketones is 1. The normalized spacial score (nSPS) is 15.6. The predicted molar refractivity (Wildman–Crippen MR) is 69.6 cm³/mol. The molecule has 6 nitrogen and oxygen atoms in total. The number of ether oxygens (including phenoxy) is 1. The van der Waals surface area contributed by atoms with Gasteiger partial charge in [0, 0.05) is 9.68 Å². The molecule has 8 heteroatoms. The summed E-state index contributed by atoms with van der Waals surface area (Å²) in [5, 5.41) is 5.00. The molecule has 18 heavy (non-hydrogen) atoms. The van der Waals surface area contributed by atoms with Crippen LogP contribution in [-0.4, -0.2) is 27.4 Å². The maximum Gasteiger partial charge on any atom is 0.241 e. The molecular weight excluding hydrogens is 280 g/mol. The van der Waals surface area contributed by atoms with Crippen molar-refractivity contribution >= 4 is 28.2 Å². The lowest BCUT2D eigenvalue weighted by atomic mass is 10.1. The zero-order chi connectivity index (χ0) is 15.7. The fourth-order valence-corrected chi connectivity index (χ4v) is 1.95. The number of benzene rings is 1. The van der Waals surface area contributed by atoms with E-state index in [1.165, 1.54) is 19.2 Å². The van der Waals surface area contributed by atoms with Gasteiger partial charge >= 0.3 is 0 Å². The summed E-state index contributed by atoms with van der Waals surface area (Å²) in [4.78, 5) is 11.5. The highest BCUT2D eigenvalue weighted by Gasteiger charge is 2.19. The first-order chi connectivity index (χ1) is 8.98. The first kappa shape index (κ1) is 11.9. The van der Waals surface area contributed by atoms with Gasteiger partial charge in [-0.2, -0.15) is 0 Å². The van der Waals surface area contributed by atoms with Crippen molar-refractivity contribution in [1.29, 1.82) is 0 Å². The maximum atomic E-state index is 11.9. The minimum atomic E-state index is -4.12. The first-order valence-electron chi connectivity index (χ1n) is 5.99. The Kier molecular flexibility index (Phi) is 4.07. The molecule has 0 spiro atoms. The van der Waals surface area contributed by atoms with Gasteiger partial charge in [0.2, 0.25) is 10.0 Å². The molecule has 0 amide bonds. The monoisotopic (exact) mass is 297 g/mol. The summed E-state index contributed by atoms with van der Waals surface area (Å²) in [7, 11) is -2.89. The van der Waals surface area contributed by atoms with Crippen LogP contribution >= 0.6 is 12.4 Å². The topological polar surface area (TPSA) is 112 Å². The Morgan fingerprint density at radius 2 is 2.11 bits per heavy atom. The van der Waals surface area contributed by atoms with Crippen LogP contribution in [0.25, 0.3) is 0 Å². The molecule has 0 saturated heterocycles. The van der Waals surface area contributed by atoms with E-state index in [1.54, 1.807) is 0 Å². The SMILES string of the molecule is Cl.[2H]C([2H])([2H])C(N)C(=O)c1ccc(OC)c(S(N)(=O)=O)c1. The first-order valence-corrected chi connectivity index (χ1v) is 6.03. The molecule has 0 heterocycles. The van der Waals surface area contributed by atoms with E-state index in [-0.39, 0.29) is 23.7 Å². The highest BCUT2D eigenvalue weighted by Crippen LogP contribution is 2.24. The van der Waals surface area contributed by atoms with Crippen molar-refractivity contribution in [3.63, 3.8) is 0 Å². The number of Topliss-reactive ketones (excluding diaryl/α,β-unsaturated/α-hetero) is 1. The summed E-state index contributed by atoms with van der Waals surface area (Å²) in [6.07, 6.45) is 0. The largest absolute Gasteiger partial charge is 0.495 e. The van der Waals surface area contributed by atoms with Gasteiger partial charge in [-0.3, -0.25) is 4.79 Å². The molecule has 4 N–H and O–H groups in total. The molecule has 0 saturated carbocycles. The average Bonchev–Trinajstić information content (AvgIpc) is 2.34. The van der Waals surface area contributed by atoms with Gasteiger partial charge in [-0.05, 0) is 25.1 Å². The van der Waals surface area contributed by atoms with Crippen molar-refractivity contribution < 1.29 is 22.1 Å². The summed E-state index contributed by atoms with van der Waals surface area (Å²) >= 11 is 0. The van der Waals surface area contributed by atoms with Gasteiger partial charge in [0.05, 0.1) is 13.2 Å². The zero-order valence-electron chi connectivity index (χ0n) is 12.4. The van der Waals surface area contributed by atoms with Crippen LogP contribution in [0.2, 0.25) is 0 Å². The van der Waals surface area contributed by atoms with Crippen LogP contribution < -0.4 is 15.6 Å². The summed E-state index contributed by atoms with van der Waals surface area (Å²) in [5.41, 5.74) is 5.16. The van der Waals surface area contributed by atoms with Crippen LogP contribution in [0.4, 0.5) is 0 Å². The third-order valence-corrected chi connectivity index (χ3v) is 2.97. The van der Waals surface area contributed by atoms with Crippen LogP contribution in [0, 0.1) is 0 Å². The van der Waals surface area contributed by atoms with Crippen molar-refractivity contribution in [2.75, 3.05) is 7.11 Å². The Hall–Kier alpha value is -1.15. The summed E-state index contributed by atoms with van der Waals surface area (Å²) in [6, 6.07) is 1.63. The summed E-state index contributed by atoms with van der Waals surface area (Å²) < 4.78 is 48.9. The van der Waals surface area contributed by atoms with E-state index in [9.17, 15) is 13.2 Å². The van der Waals surface area contributed by atoms with Crippen LogP contribution in [-0.2, 0) is 10.0 Å². The van der Waals surface area contributed by atoms with E-state index in [4.69, 9.17) is 19.7 Å². The molecule has 0 aliphatic heterocycles. The lowest BCUT2D eigenvalue weighted by Gasteiger charge is -2.09. The smallest absolute Gasteiger partial charge is 0.241 e. The van der Waals surface area contributed by atoms with E-state index < -0.39 is 33.6 Å². The second-order valence-electron chi connectivity index (χ2n) is 3.25. The third kappa shape index (κ3) is 3.67. The molecule has 0 aliphatic carbocycles. The number of carbonyl (C=O) groups excluding carboxylic acids is 1. The van der Waals surface area contributed by atoms with Gasteiger partial charge in [-0.15, -0.1) is 12.4 Å². The fourth-order valence-electron chi connectivity index (χ4n) is 1.23. The Morgan fingerprint density at radius 1 is 1.50 bits per heavy atom. The molecule has 0 aromatic heterocycles. The Morgan fingerprint density at radius 3 is 2.56 bits per heavy atom. The molecule has 1 rings (SSSR count). The molecule has 0 aliphatic rings. The summed E-state index contributed by atoms with van der Waals surface area (Å²) in [5.74, 6) is -0.955. The van der Waals surface area contributed by atoms with Gasteiger partial charge < -0.3 is 10.5 Å². The molecule has 1 aromatic carbocycles. The zero-order valence-corrected chi connectivity index (χ0v) is 11.0. The molecule has 0 radical (unpaired) electrons.